The molecular weight excluding hydrogens is 534 g/mol. The lowest BCUT2D eigenvalue weighted by Gasteiger charge is -2.26. The van der Waals surface area contributed by atoms with Crippen LogP contribution in [0.25, 0.3) is 0 Å². The lowest BCUT2D eigenvalue weighted by Crippen LogP contribution is -3.00. The molecule has 0 amide bonds. The number of hydrogen-bond donors (Lipinski definition) is 2. The maximum absolute atomic E-state index is 13.0. The first-order valence-corrected chi connectivity index (χ1v) is 13.0. The van der Waals surface area contributed by atoms with E-state index >= 15 is 0 Å². The van der Waals surface area contributed by atoms with Crippen molar-refractivity contribution in [3.63, 3.8) is 0 Å². The molecule has 1 aliphatic heterocycles. The first kappa shape index (κ1) is 27.1. The Hall–Kier alpha value is -1.10. The standard InChI is InChI=1S/C22H29ClN3O3S2.BrH/c1-5-26(6-2)21-25(4)22(27,15-30-21)18-11-12-19(23)20(13-18)31(28,29)24-14-17-9-7-16(3)8-10-17;/h7-13,24,27H,5-6,14-15H2,1-4H3;1H/q+1;/p-1. The van der Waals surface area contributed by atoms with Crippen LogP contribution in [-0.4, -0.2) is 54.1 Å². The Morgan fingerprint density at radius 1 is 1.19 bits per heavy atom. The molecule has 0 spiro atoms. The Morgan fingerprint density at radius 3 is 2.41 bits per heavy atom. The highest BCUT2D eigenvalue weighted by Crippen LogP contribution is 2.39. The molecule has 0 aromatic heterocycles. The van der Waals surface area contributed by atoms with Crippen molar-refractivity contribution in [2.75, 3.05) is 25.9 Å². The fourth-order valence-corrected chi connectivity index (χ4v) is 6.53. The molecule has 2 aromatic rings. The number of hydrogen-bond acceptors (Lipinski definition) is 4. The van der Waals surface area contributed by atoms with Crippen molar-refractivity contribution in [1.29, 1.82) is 0 Å². The van der Waals surface area contributed by atoms with E-state index in [1.54, 1.807) is 17.8 Å². The van der Waals surface area contributed by atoms with Gasteiger partial charge in [-0.25, -0.2) is 18.0 Å². The number of aryl methyl sites for hydroxylation is 1. The molecule has 2 N–H and O–H groups in total. The van der Waals surface area contributed by atoms with Gasteiger partial charge >= 0.3 is 5.17 Å². The number of aliphatic hydroxyl groups is 1. The summed E-state index contributed by atoms with van der Waals surface area (Å²) in [6.07, 6.45) is 0. The Balaban J connectivity index is 0.00000363. The smallest absolute Gasteiger partial charge is 0.311 e. The Kier molecular flexibility index (Phi) is 9.23. The minimum Gasteiger partial charge on any atom is -1.00 e. The third-order valence-electron chi connectivity index (χ3n) is 5.55. The number of halogens is 2. The molecule has 0 saturated carbocycles. The maximum Gasteiger partial charge on any atom is 0.311 e. The van der Waals surface area contributed by atoms with Crippen molar-refractivity contribution in [3.8, 4) is 0 Å². The molecule has 1 heterocycles. The molecule has 1 saturated heterocycles. The lowest BCUT2D eigenvalue weighted by molar-refractivity contribution is -0.523. The quantitative estimate of drug-likeness (QED) is 0.477. The monoisotopic (exact) mass is 561 g/mol. The molecule has 32 heavy (non-hydrogen) atoms. The summed E-state index contributed by atoms with van der Waals surface area (Å²) in [5, 5.41) is 12.5. The Bertz CT molecular complexity index is 1090. The fraction of sp³-hybridized carbons (Fsp3) is 0.409. The van der Waals surface area contributed by atoms with Crippen molar-refractivity contribution in [1.82, 2.24) is 9.62 Å². The second-order valence-electron chi connectivity index (χ2n) is 7.57. The molecule has 176 valence electrons. The number of benzene rings is 2. The zero-order valence-corrected chi connectivity index (χ0v) is 22.6. The third kappa shape index (κ3) is 5.51. The summed E-state index contributed by atoms with van der Waals surface area (Å²) in [6, 6.07) is 12.3. The highest BCUT2D eigenvalue weighted by molar-refractivity contribution is 8.13. The largest absolute Gasteiger partial charge is 1.00 e. The average molecular weight is 563 g/mol. The predicted octanol–water partition coefficient (Wildman–Crippen LogP) is 0.363. The van der Waals surface area contributed by atoms with Gasteiger partial charge in [0.05, 0.1) is 30.9 Å². The fourth-order valence-electron chi connectivity index (χ4n) is 3.51. The molecule has 6 nitrogen and oxygen atoms in total. The van der Waals surface area contributed by atoms with Gasteiger partial charge in [0, 0.05) is 12.1 Å². The van der Waals surface area contributed by atoms with Crippen LogP contribution in [0.3, 0.4) is 0 Å². The van der Waals surface area contributed by atoms with Gasteiger partial charge < -0.3 is 22.1 Å². The number of nitrogens with one attached hydrogen (secondary N) is 1. The van der Waals surface area contributed by atoms with Crippen molar-refractivity contribution in [3.05, 3.63) is 64.2 Å². The summed E-state index contributed by atoms with van der Waals surface area (Å²) in [7, 11) is -2.04. The zero-order valence-electron chi connectivity index (χ0n) is 18.6. The molecule has 2 aromatic carbocycles. The summed E-state index contributed by atoms with van der Waals surface area (Å²) in [4.78, 5) is 1.77. The van der Waals surface area contributed by atoms with Gasteiger partial charge in [0.2, 0.25) is 15.7 Å². The molecule has 1 atom stereocenters. The highest BCUT2D eigenvalue weighted by atomic mass is 79.9. The van der Waals surface area contributed by atoms with Crippen LogP contribution in [0.5, 0.6) is 0 Å². The van der Waals surface area contributed by atoms with Crippen molar-refractivity contribution >= 4 is 38.6 Å². The van der Waals surface area contributed by atoms with Gasteiger partial charge in [-0.2, -0.15) is 0 Å². The van der Waals surface area contributed by atoms with Gasteiger partial charge in [0.1, 0.15) is 4.90 Å². The van der Waals surface area contributed by atoms with Crippen LogP contribution in [0.4, 0.5) is 0 Å². The van der Waals surface area contributed by atoms with E-state index < -0.39 is 15.7 Å². The van der Waals surface area contributed by atoms with E-state index in [1.165, 1.54) is 12.1 Å². The predicted molar refractivity (Wildman–Crippen MR) is 127 cm³/mol. The highest BCUT2D eigenvalue weighted by Gasteiger charge is 2.50. The van der Waals surface area contributed by atoms with E-state index in [2.05, 4.69) is 23.1 Å². The Morgan fingerprint density at radius 2 is 1.81 bits per heavy atom. The topological polar surface area (TPSA) is 72.6 Å². The van der Waals surface area contributed by atoms with E-state index in [-0.39, 0.29) is 33.4 Å². The summed E-state index contributed by atoms with van der Waals surface area (Å²) in [5.74, 6) is 0.396. The molecular formula is C22H29BrClN3O3S2. The zero-order chi connectivity index (χ0) is 22.8. The number of thioether (sulfide) groups is 1. The SMILES string of the molecule is CC[N+](CC)=C1SCC(O)(c2ccc(Cl)c(S(=O)(=O)NCc3ccc(C)cc3)c2)N1C.[Br-]. The van der Waals surface area contributed by atoms with Crippen molar-refractivity contribution < 1.29 is 35.1 Å². The normalized spacial score (nSPS) is 18.6. The summed E-state index contributed by atoms with van der Waals surface area (Å²) in [6.45, 7) is 7.91. The molecule has 1 unspecified atom stereocenters. The first-order valence-electron chi connectivity index (χ1n) is 10.2. The minimum atomic E-state index is -3.87. The van der Waals surface area contributed by atoms with Crippen LogP contribution in [-0.2, 0) is 22.3 Å². The minimum absolute atomic E-state index is 0. The number of amidine groups is 1. The number of sulfonamides is 1. The van der Waals surface area contributed by atoms with Crippen LogP contribution in [0.2, 0.25) is 5.02 Å². The number of rotatable bonds is 7. The molecule has 1 fully saturated rings. The molecule has 10 heteroatoms. The second kappa shape index (κ2) is 10.9. The number of nitrogens with zero attached hydrogens (tertiary/aromatic N) is 2. The van der Waals surface area contributed by atoms with Gasteiger partial charge in [-0.3, -0.25) is 4.58 Å². The van der Waals surface area contributed by atoms with Crippen LogP contribution in [0.1, 0.15) is 30.5 Å². The van der Waals surface area contributed by atoms with E-state index in [0.717, 1.165) is 29.4 Å². The van der Waals surface area contributed by atoms with E-state index in [4.69, 9.17) is 11.6 Å². The van der Waals surface area contributed by atoms with Gasteiger partial charge in [0.15, 0.2) is 0 Å². The maximum atomic E-state index is 13.0. The first-order chi connectivity index (χ1) is 14.6. The van der Waals surface area contributed by atoms with Crippen molar-refractivity contribution in [2.45, 2.75) is 37.9 Å². The van der Waals surface area contributed by atoms with Crippen LogP contribution >= 0.6 is 23.4 Å². The van der Waals surface area contributed by atoms with Gasteiger partial charge in [-0.05, 0) is 50.2 Å². The van der Waals surface area contributed by atoms with Crippen LogP contribution in [0.15, 0.2) is 47.4 Å². The van der Waals surface area contributed by atoms with Crippen molar-refractivity contribution in [2.24, 2.45) is 0 Å². The molecule has 0 bridgehead atoms. The Labute approximate surface area is 210 Å². The lowest BCUT2D eigenvalue weighted by atomic mass is 10.0. The van der Waals surface area contributed by atoms with E-state index in [9.17, 15) is 13.5 Å². The van der Waals surface area contributed by atoms with Gasteiger partial charge in [-0.15, -0.1) is 0 Å². The second-order valence-corrected chi connectivity index (χ2v) is 10.7. The van der Waals surface area contributed by atoms with Crippen LogP contribution < -0.4 is 21.7 Å². The van der Waals surface area contributed by atoms with E-state index in [0.29, 0.717) is 11.3 Å². The third-order valence-corrected chi connectivity index (χ3v) is 8.77. The molecule has 0 radical (unpaired) electrons. The van der Waals surface area contributed by atoms with Gasteiger partial charge in [0.25, 0.3) is 0 Å². The molecule has 3 rings (SSSR count). The summed E-state index contributed by atoms with van der Waals surface area (Å²) < 4.78 is 30.8. The van der Waals surface area contributed by atoms with Crippen LogP contribution in [0, 0.1) is 6.92 Å². The molecule has 1 aliphatic rings. The average Bonchev–Trinajstić information content (AvgIpc) is 3.05. The van der Waals surface area contributed by atoms with Gasteiger partial charge in [-0.1, -0.05) is 47.5 Å². The summed E-state index contributed by atoms with van der Waals surface area (Å²) in [5.41, 5.74) is 1.12. The van der Waals surface area contributed by atoms with E-state index in [1.807, 2.05) is 43.1 Å². The summed E-state index contributed by atoms with van der Waals surface area (Å²) >= 11 is 7.82. The molecule has 0 aliphatic carbocycles.